The molecule has 286 valence electrons. The molecule has 2 bridgehead atoms. The van der Waals surface area contributed by atoms with E-state index in [1.807, 2.05) is 38.1 Å². The number of H-pyrrole nitrogens is 1. The van der Waals surface area contributed by atoms with Gasteiger partial charge in [0.15, 0.2) is 0 Å². The molecule has 1 aliphatic rings. The first kappa shape index (κ1) is 39.4. The smallest absolute Gasteiger partial charge is 0.273 e. The number of amides is 6. The topological polar surface area (TPSA) is 216 Å². The zero-order chi connectivity index (χ0) is 39.1. The molecule has 0 unspecified atom stereocenters. The van der Waals surface area contributed by atoms with Crippen LogP contribution in [0, 0.1) is 5.92 Å². The van der Waals surface area contributed by atoms with Crippen molar-refractivity contribution in [1.29, 1.82) is 0 Å². The van der Waals surface area contributed by atoms with Gasteiger partial charge in [-0.25, -0.2) is 9.97 Å². The summed E-state index contributed by atoms with van der Waals surface area (Å²) in [7, 11) is 2.97. The number of hydrogen-bond donors (Lipinski definition) is 5. The van der Waals surface area contributed by atoms with Gasteiger partial charge >= 0.3 is 0 Å². The molecule has 3 atom stereocenters. The number of para-hydroxylation sites is 1. The third kappa shape index (κ3) is 9.77. The van der Waals surface area contributed by atoms with Gasteiger partial charge in [-0.3, -0.25) is 28.8 Å². The number of fused-ring (bicyclic) bond motifs is 3. The number of pyridine rings is 1. The first-order valence-corrected chi connectivity index (χ1v) is 18.5. The Morgan fingerprint density at radius 3 is 2.37 bits per heavy atom. The fraction of sp³-hybridized carbons (Fsp3) is 0.405. The van der Waals surface area contributed by atoms with Crippen LogP contribution in [-0.4, -0.2) is 117 Å². The van der Waals surface area contributed by atoms with Crippen molar-refractivity contribution in [1.82, 2.24) is 45.6 Å². The van der Waals surface area contributed by atoms with E-state index in [1.54, 1.807) is 17.6 Å². The number of nitrogens with two attached hydrogens (primary N) is 1. The molecule has 0 radical (unpaired) electrons. The lowest BCUT2D eigenvalue weighted by Crippen LogP contribution is -2.53. The van der Waals surface area contributed by atoms with Crippen molar-refractivity contribution >= 4 is 63.5 Å². The lowest BCUT2D eigenvalue weighted by Gasteiger charge is -2.28. The van der Waals surface area contributed by atoms with Gasteiger partial charge in [-0.1, -0.05) is 38.1 Å². The van der Waals surface area contributed by atoms with Crippen molar-refractivity contribution in [2.75, 3.05) is 46.0 Å². The molecule has 0 saturated carbocycles. The van der Waals surface area contributed by atoms with E-state index in [2.05, 4.69) is 30.9 Å². The van der Waals surface area contributed by atoms with Gasteiger partial charge in [0.1, 0.15) is 34.3 Å². The Morgan fingerprint density at radius 2 is 1.63 bits per heavy atom. The van der Waals surface area contributed by atoms with E-state index in [4.69, 9.17) is 5.73 Å². The number of benzene rings is 1. The highest BCUT2D eigenvalue weighted by Crippen LogP contribution is 2.25. The van der Waals surface area contributed by atoms with Gasteiger partial charge in [-0.2, -0.15) is 0 Å². The highest BCUT2D eigenvalue weighted by molar-refractivity contribution is 7.09. The minimum atomic E-state index is -1.08. The zero-order valence-corrected chi connectivity index (χ0v) is 31.7. The van der Waals surface area contributed by atoms with E-state index in [1.165, 1.54) is 59.2 Å². The van der Waals surface area contributed by atoms with Gasteiger partial charge in [0, 0.05) is 56.1 Å². The molecule has 16 nitrogen and oxygen atoms in total. The highest BCUT2D eigenvalue weighted by atomic mass is 32.1. The summed E-state index contributed by atoms with van der Waals surface area (Å²) in [6, 6.07) is 9.51. The van der Waals surface area contributed by atoms with Crippen LogP contribution < -0.4 is 21.7 Å². The average Bonchev–Trinajstić information content (AvgIpc) is 3.79. The molecule has 0 spiro atoms. The van der Waals surface area contributed by atoms with Gasteiger partial charge in [0.2, 0.25) is 23.6 Å². The molecule has 4 aromatic rings. The Balaban J connectivity index is 1.47. The molecule has 6 amide bonds. The molecule has 6 N–H and O–H groups in total. The number of thiazole rings is 1. The molecule has 0 saturated heterocycles. The highest BCUT2D eigenvalue weighted by Gasteiger charge is 2.31. The number of nitrogens with zero attached hydrogens (tertiary/aromatic N) is 5. The van der Waals surface area contributed by atoms with Crippen LogP contribution in [0.15, 0.2) is 54.0 Å². The largest absolute Gasteiger partial charge is 0.384 e. The molecule has 0 fully saturated rings. The lowest BCUT2D eigenvalue weighted by molar-refractivity contribution is -0.138. The number of anilines is 1. The summed E-state index contributed by atoms with van der Waals surface area (Å²) >= 11 is 1.19. The molecule has 54 heavy (non-hydrogen) atoms. The number of carbonyl (C=O) groups excluding carboxylic acids is 6. The Hall–Kier alpha value is -5.84. The number of nitrogens with one attached hydrogen (secondary N) is 4. The summed E-state index contributed by atoms with van der Waals surface area (Å²) in [5, 5.41) is 11.4. The molecule has 1 aliphatic heterocycles. The van der Waals surface area contributed by atoms with Crippen LogP contribution >= 0.6 is 11.3 Å². The van der Waals surface area contributed by atoms with Gasteiger partial charge in [-0.05, 0) is 43.0 Å². The molecular weight excluding hydrogens is 713 g/mol. The number of hydrogen-bond acceptors (Lipinski definition) is 10. The first-order chi connectivity index (χ1) is 25.7. The van der Waals surface area contributed by atoms with E-state index >= 15 is 0 Å². The van der Waals surface area contributed by atoms with Crippen molar-refractivity contribution in [3.05, 3.63) is 76.0 Å². The van der Waals surface area contributed by atoms with Crippen LogP contribution in [0.1, 0.15) is 64.8 Å². The van der Waals surface area contributed by atoms with Crippen LogP contribution in [0.2, 0.25) is 0 Å². The van der Waals surface area contributed by atoms with Crippen molar-refractivity contribution < 1.29 is 28.8 Å². The molecule has 4 heterocycles. The van der Waals surface area contributed by atoms with Gasteiger partial charge in [-0.15, -0.1) is 11.3 Å². The number of nitrogen functional groups attached to an aromatic ring is 1. The second kappa shape index (κ2) is 17.3. The fourth-order valence-electron chi connectivity index (χ4n) is 6.22. The summed E-state index contributed by atoms with van der Waals surface area (Å²) in [5.41, 5.74) is 7.57. The second-order valence-electron chi connectivity index (χ2n) is 13.8. The van der Waals surface area contributed by atoms with E-state index in [9.17, 15) is 28.8 Å². The zero-order valence-electron chi connectivity index (χ0n) is 30.9. The third-order valence-corrected chi connectivity index (χ3v) is 9.95. The van der Waals surface area contributed by atoms with Gasteiger partial charge in [0.05, 0.1) is 19.1 Å². The number of aromatic nitrogens is 3. The average molecular weight is 759 g/mol. The molecule has 17 heteroatoms. The maximum Gasteiger partial charge on any atom is 0.273 e. The predicted octanol–water partition coefficient (Wildman–Crippen LogP) is 1.72. The van der Waals surface area contributed by atoms with Crippen molar-refractivity contribution in [3.63, 3.8) is 0 Å². The SMILES string of the molecule is CC(C)C[C@@H]1NC(=O)CN(C(=O)c2cccc(N)n2)CCN(C)C(=O)[C@H](C)NC(=O)CN(C)C(=O)[C@@H](Cc2c[nH]c3ccccc23)NC(=O)c2csc1n2. The van der Waals surface area contributed by atoms with Crippen LogP contribution in [0.4, 0.5) is 5.82 Å². The number of aromatic amines is 1. The Morgan fingerprint density at radius 1 is 0.889 bits per heavy atom. The van der Waals surface area contributed by atoms with Crippen LogP contribution in [-0.2, 0) is 25.6 Å². The minimum absolute atomic E-state index is 0.0212. The van der Waals surface area contributed by atoms with Gasteiger partial charge in [0.25, 0.3) is 11.8 Å². The molecule has 5 rings (SSSR count). The predicted molar refractivity (Wildman–Crippen MR) is 203 cm³/mol. The monoisotopic (exact) mass is 758 g/mol. The standard InChI is InChI=1S/C37H46N10O6S/c1-21(2)15-27-34-44-29(20-54-34)33(50)43-28(16-23-17-39-25-10-7-6-9-24(23)25)36(52)46(5)18-31(48)40-22(3)35(51)45(4)13-14-47(19-32(49)42-27)37(53)26-11-8-12-30(38)41-26/h6-12,17,20-22,27-28,39H,13-16,18-19H2,1-5H3,(H2,38,41)(H,40,48)(H,42,49)(H,43,50)/t22-,27-,28+/m0/s1. The maximum absolute atomic E-state index is 13.9. The van der Waals surface area contributed by atoms with E-state index in [-0.39, 0.29) is 55.7 Å². The molecular formula is C37H46N10O6S. The summed E-state index contributed by atoms with van der Waals surface area (Å²) in [4.78, 5) is 97.2. The van der Waals surface area contributed by atoms with Gasteiger partial charge < -0.3 is 41.4 Å². The summed E-state index contributed by atoms with van der Waals surface area (Å²) in [6.07, 6.45) is 2.37. The second-order valence-corrected chi connectivity index (χ2v) is 14.7. The van der Waals surface area contributed by atoms with E-state index in [0.717, 1.165) is 16.5 Å². The van der Waals surface area contributed by atoms with Crippen molar-refractivity contribution in [2.45, 2.75) is 51.7 Å². The fourth-order valence-corrected chi connectivity index (χ4v) is 7.08. The molecule has 1 aromatic carbocycles. The molecule has 0 aliphatic carbocycles. The summed E-state index contributed by atoms with van der Waals surface area (Å²) in [5.74, 6) is -3.00. The Bertz CT molecular complexity index is 2030. The van der Waals surface area contributed by atoms with Crippen LogP contribution in [0.25, 0.3) is 10.9 Å². The van der Waals surface area contributed by atoms with Crippen LogP contribution in [0.5, 0.6) is 0 Å². The lowest BCUT2D eigenvalue weighted by atomic mass is 10.0. The van der Waals surface area contributed by atoms with Crippen LogP contribution in [0.3, 0.4) is 0 Å². The minimum Gasteiger partial charge on any atom is -0.384 e. The third-order valence-electron chi connectivity index (χ3n) is 9.00. The van der Waals surface area contributed by atoms with E-state index < -0.39 is 53.6 Å². The summed E-state index contributed by atoms with van der Waals surface area (Å²) < 4.78 is 0. The maximum atomic E-state index is 13.9. The quantitative estimate of drug-likeness (QED) is 0.200. The van der Waals surface area contributed by atoms with E-state index in [0.29, 0.717) is 11.4 Å². The summed E-state index contributed by atoms with van der Waals surface area (Å²) in [6.45, 7) is 4.70. The number of carbonyl (C=O) groups is 6. The first-order valence-electron chi connectivity index (χ1n) is 17.6. The van der Waals surface area contributed by atoms with Crippen molar-refractivity contribution in [2.24, 2.45) is 5.92 Å². The Kier molecular flexibility index (Phi) is 12.6. The number of likely N-dealkylation sites (N-methyl/N-ethyl adjacent to an activating group) is 2. The normalized spacial score (nSPS) is 20.1. The molecule has 3 aromatic heterocycles. The van der Waals surface area contributed by atoms with Crippen molar-refractivity contribution in [3.8, 4) is 0 Å². The Labute approximate surface area is 316 Å². The number of rotatable bonds is 5.